The van der Waals surface area contributed by atoms with E-state index in [1.54, 1.807) is 43.0 Å². The van der Waals surface area contributed by atoms with E-state index in [0.29, 0.717) is 22.3 Å². The van der Waals surface area contributed by atoms with Gasteiger partial charge in [0.1, 0.15) is 24.2 Å². The summed E-state index contributed by atoms with van der Waals surface area (Å²) in [5, 5.41) is 11.1. The van der Waals surface area contributed by atoms with E-state index in [1.165, 1.54) is 23.4 Å². The highest BCUT2D eigenvalue weighted by molar-refractivity contribution is 7.99. The molecule has 0 spiro atoms. The van der Waals surface area contributed by atoms with E-state index in [9.17, 15) is 14.7 Å². The van der Waals surface area contributed by atoms with E-state index in [1.807, 2.05) is 6.92 Å². The van der Waals surface area contributed by atoms with E-state index in [2.05, 4.69) is 4.98 Å². The van der Waals surface area contributed by atoms with Gasteiger partial charge < -0.3 is 19.1 Å². The van der Waals surface area contributed by atoms with Crippen LogP contribution < -0.4 is 20.7 Å². The summed E-state index contributed by atoms with van der Waals surface area (Å²) in [5.74, 6) is 2.04. The number of ether oxygens (including phenoxy) is 2. The second-order valence-electron chi connectivity index (χ2n) is 6.46. The molecular weight excluding hydrogens is 396 g/mol. The molecule has 3 aromatic rings. The topological polar surface area (TPSA) is 101 Å². The van der Waals surface area contributed by atoms with Crippen molar-refractivity contribution in [1.29, 1.82) is 0 Å². The number of fused-ring (bicyclic) bond motifs is 1. The van der Waals surface area contributed by atoms with E-state index < -0.39 is 17.4 Å². The SMILES string of the molecule is CCSc1nc2c(c(=O)n(C)c(=O)n2C)n1C[C@H](O)COc1ccc(OC)cc1. The lowest BCUT2D eigenvalue weighted by Gasteiger charge is -2.15. The maximum Gasteiger partial charge on any atom is 0.332 e. The third kappa shape index (κ3) is 4.18. The lowest BCUT2D eigenvalue weighted by molar-refractivity contribution is 0.0913. The van der Waals surface area contributed by atoms with E-state index in [4.69, 9.17) is 9.47 Å². The number of thioether (sulfide) groups is 1. The first-order valence-electron chi connectivity index (χ1n) is 9.11. The van der Waals surface area contributed by atoms with Gasteiger partial charge in [0, 0.05) is 14.1 Å². The molecule has 0 aliphatic heterocycles. The summed E-state index contributed by atoms with van der Waals surface area (Å²) in [5.41, 5.74) is -0.295. The van der Waals surface area contributed by atoms with Crippen LogP contribution in [0.3, 0.4) is 0 Å². The number of benzene rings is 1. The van der Waals surface area contributed by atoms with E-state index >= 15 is 0 Å². The number of hydrogen-bond acceptors (Lipinski definition) is 7. The number of aryl methyl sites for hydroxylation is 1. The highest BCUT2D eigenvalue weighted by Gasteiger charge is 2.21. The first kappa shape index (κ1) is 21.0. The summed E-state index contributed by atoms with van der Waals surface area (Å²) in [6.07, 6.45) is -0.882. The molecule has 9 nitrogen and oxygen atoms in total. The molecule has 1 N–H and O–H groups in total. The molecule has 0 bridgehead atoms. The molecule has 2 aromatic heterocycles. The van der Waals surface area contributed by atoms with Gasteiger partial charge in [0.25, 0.3) is 5.56 Å². The van der Waals surface area contributed by atoms with Crippen LogP contribution in [0, 0.1) is 0 Å². The van der Waals surface area contributed by atoms with Gasteiger partial charge >= 0.3 is 5.69 Å². The number of rotatable bonds is 8. The summed E-state index contributed by atoms with van der Waals surface area (Å²) >= 11 is 1.44. The molecule has 0 aliphatic carbocycles. The van der Waals surface area contributed by atoms with Crippen molar-refractivity contribution in [3.8, 4) is 11.5 Å². The maximum absolute atomic E-state index is 12.7. The molecule has 1 aromatic carbocycles. The third-order valence-corrected chi connectivity index (χ3v) is 5.34. The third-order valence-electron chi connectivity index (χ3n) is 4.48. The van der Waals surface area contributed by atoms with Gasteiger partial charge in [0.2, 0.25) is 0 Å². The van der Waals surface area contributed by atoms with Gasteiger partial charge in [-0.3, -0.25) is 13.9 Å². The van der Waals surface area contributed by atoms with Crippen LogP contribution in [0.25, 0.3) is 11.2 Å². The molecule has 0 unspecified atom stereocenters. The van der Waals surface area contributed by atoms with Gasteiger partial charge in [-0.2, -0.15) is 0 Å². The fraction of sp³-hybridized carbons (Fsp3) is 0.421. The van der Waals surface area contributed by atoms with Crippen molar-refractivity contribution >= 4 is 22.9 Å². The van der Waals surface area contributed by atoms with Gasteiger partial charge in [-0.15, -0.1) is 0 Å². The number of aromatic nitrogens is 4. The van der Waals surface area contributed by atoms with Crippen LogP contribution in [0.2, 0.25) is 0 Å². The number of aliphatic hydroxyl groups is 1. The number of imidazole rings is 1. The molecule has 29 heavy (non-hydrogen) atoms. The van der Waals surface area contributed by atoms with Crippen LogP contribution in [-0.4, -0.2) is 49.4 Å². The normalized spacial score (nSPS) is 12.3. The Hall–Kier alpha value is -2.72. The predicted molar refractivity (Wildman–Crippen MR) is 111 cm³/mol. The average Bonchev–Trinajstić information content (AvgIpc) is 3.08. The summed E-state index contributed by atoms with van der Waals surface area (Å²) in [7, 11) is 4.59. The van der Waals surface area contributed by atoms with Crippen LogP contribution in [-0.2, 0) is 20.6 Å². The van der Waals surface area contributed by atoms with E-state index in [0.717, 1.165) is 10.3 Å². The number of methoxy groups -OCH3 is 1. The minimum absolute atomic E-state index is 0.0360. The molecule has 0 radical (unpaired) electrons. The van der Waals surface area contributed by atoms with Crippen molar-refractivity contribution < 1.29 is 14.6 Å². The predicted octanol–water partition coefficient (Wildman–Crippen LogP) is 0.994. The van der Waals surface area contributed by atoms with Gasteiger partial charge in [0.05, 0.1) is 13.7 Å². The zero-order valence-corrected chi connectivity index (χ0v) is 17.6. The van der Waals surface area contributed by atoms with Crippen LogP contribution >= 0.6 is 11.8 Å². The van der Waals surface area contributed by atoms with Crippen molar-refractivity contribution in [1.82, 2.24) is 18.7 Å². The Labute approximate surface area is 171 Å². The summed E-state index contributed by atoms with van der Waals surface area (Å²) in [6, 6.07) is 7.04. The monoisotopic (exact) mass is 420 g/mol. The van der Waals surface area contributed by atoms with Crippen LogP contribution in [0.15, 0.2) is 39.0 Å². The molecular formula is C19H24N4O5S. The average molecular weight is 420 g/mol. The molecule has 3 rings (SSSR count). The standard InChI is InChI=1S/C19H24N4O5S/c1-5-29-18-20-16-15(17(25)22(3)19(26)21(16)2)23(18)10-12(24)11-28-14-8-6-13(27-4)7-9-14/h6-9,12,24H,5,10-11H2,1-4H3/t12-/m0/s1. The Bertz CT molecular complexity index is 1120. The van der Waals surface area contributed by atoms with Crippen molar-refractivity contribution in [2.75, 3.05) is 19.5 Å². The number of hydrogen-bond donors (Lipinski definition) is 1. The van der Waals surface area contributed by atoms with Gasteiger partial charge in [0.15, 0.2) is 16.3 Å². The second kappa shape index (κ2) is 8.75. The summed E-state index contributed by atoms with van der Waals surface area (Å²) < 4.78 is 14.8. The molecule has 2 heterocycles. The van der Waals surface area contributed by atoms with Crippen molar-refractivity contribution in [3.63, 3.8) is 0 Å². The molecule has 0 fully saturated rings. The fourth-order valence-electron chi connectivity index (χ4n) is 2.96. The molecule has 1 atom stereocenters. The van der Waals surface area contributed by atoms with Crippen molar-refractivity contribution in [2.24, 2.45) is 14.1 Å². The highest BCUT2D eigenvalue weighted by Crippen LogP contribution is 2.22. The van der Waals surface area contributed by atoms with Gasteiger partial charge in [-0.1, -0.05) is 18.7 Å². The van der Waals surface area contributed by atoms with Crippen LogP contribution in [0.5, 0.6) is 11.5 Å². The number of nitrogens with zero attached hydrogens (tertiary/aromatic N) is 4. The second-order valence-corrected chi connectivity index (χ2v) is 7.69. The Morgan fingerprint density at radius 1 is 1.14 bits per heavy atom. The molecule has 10 heteroatoms. The first-order chi connectivity index (χ1) is 13.9. The van der Waals surface area contributed by atoms with Gasteiger partial charge in [-0.05, 0) is 30.0 Å². The lowest BCUT2D eigenvalue weighted by atomic mass is 10.3. The Morgan fingerprint density at radius 2 is 1.79 bits per heavy atom. The smallest absolute Gasteiger partial charge is 0.332 e. The Balaban J connectivity index is 1.88. The zero-order valence-electron chi connectivity index (χ0n) is 16.8. The maximum atomic E-state index is 12.7. The quantitative estimate of drug-likeness (QED) is 0.543. The molecule has 156 valence electrons. The van der Waals surface area contributed by atoms with E-state index in [-0.39, 0.29) is 18.7 Å². The van der Waals surface area contributed by atoms with Crippen molar-refractivity contribution in [3.05, 3.63) is 45.1 Å². The fourth-order valence-corrected chi connectivity index (χ4v) is 3.69. The minimum atomic E-state index is -0.882. The zero-order chi connectivity index (χ0) is 21.1. The minimum Gasteiger partial charge on any atom is -0.497 e. The molecule has 0 saturated heterocycles. The largest absolute Gasteiger partial charge is 0.497 e. The summed E-state index contributed by atoms with van der Waals surface area (Å²) in [4.78, 5) is 29.4. The first-order valence-corrected chi connectivity index (χ1v) is 10.1. The van der Waals surface area contributed by atoms with Crippen molar-refractivity contribution in [2.45, 2.75) is 24.7 Å². The van der Waals surface area contributed by atoms with Crippen LogP contribution in [0.1, 0.15) is 6.92 Å². The molecule has 0 amide bonds. The molecule has 0 aliphatic rings. The summed E-state index contributed by atoms with van der Waals surface area (Å²) in [6.45, 7) is 2.12. The number of aliphatic hydroxyl groups excluding tert-OH is 1. The van der Waals surface area contributed by atoms with Crippen LogP contribution in [0.4, 0.5) is 0 Å². The Morgan fingerprint density at radius 3 is 2.41 bits per heavy atom. The highest BCUT2D eigenvalue weighted by atomic mass is 32.2. The van der Waals surface area contributed by atoms with Gasteiger partial charge in [-0.25, -0.2) is 9.78 Å². The Kier molecular flexibility index (Phi) is 6.33. The molecule has 0 saturated carbocycles. The lowest BCUT2D eigenvalue weighted by Crippen LogP contribution is -2.38.